The van der Waals surface area contributed by atoms with Gasteiger partial charge in [-0.3, -0.25) is 0 Å². The highest BCUT2D eigenvalue weighted by Crippen LogP contribution is 2.39. The lowest BCUT2D eigenvalue weighted by Crippen LogP contribution is -2.24. The van der Waals surface area contributed by atoms with E-state index in [1.807, 2.05) is 0 Å². The summed E-state index contributed by atoms with van der Waals surface area (Å²) in [5.41, 5.74) is 4.32. The molecule has 112 valence electrons. The number of furan rings is 1. The summed E-state index contributed by atoms with van der Waals surface area (Å²) in [6, 6.07) is 11.4. The molecule has 3 rings (SSSR count). The molecule has 0 bridgehead atoms. The van der Waals surface area contributed by atoms with E-state index >= 15 is 0 Å². The third kappa shape index (κ3) is 3.24. The largest absolute Gasteiger partial charge is 0.457 e. The molecule has 1 aromatic heterocycles. The van der Waals surface area contributed by atoms with Gasteiger partial charge in [-0.2, -0.15) is 0 Å². The van der Waals surface area contributed by atoms with E-state index in [0.29, 0.717) is 12.0 Å². The minimum absolute atomic E-state index is 0.347. The number of hydrogen-bond donors (Lipinski definition) is 1. The van der Waals surface area contributed by atoms with Crippen molar-refractivity contribution in [3.05, 3.63) is 58.0 Å². The van der Waals surface area contributed by atoms with Gasteiger partial charge >= 0.3 is 0 Å². The molecular weight excluding hydrogens is 326 g/mol. The van der Waals surface area contributed by atoms with Gasteiger partial charge < -0.3 is 9.73 Å². The highest BCUT2D eigenvalue weighted by atomic mass is 79.9. The molecule has 0 aliphatic heterocycles. The summed E-state index contributed by atoms with van der Waals surface area (Å²) in [5.74, 6) is 0.640. The minimum Gasteiger partial charge on any atom is -0.457 e. The summed E-state index contributed by atoms with van der Waals surface area (Å²) >= 11 is 3.53. The van der Waals surface area contributed by atoms with E-state index in [0.717, 1.165) is 17.6 Å². The molecule has 0 fully saturated rings. The second-order valence-corrected chi connectivity index (χ2v) is 6.50. The predicted octanol–water partition coefficient (Wildman–Crippen LogP) is 5.20. The van der Waals surface area contributed by atoms with Gasteiger partial charge in [0.25, 0.3) is 0 Å². The first kappa shape index (κ1) is 14.9. The van der Waals surface area contributed by atoms with E-state index in [9.17, 15) is 0 Å². The molecule has 2 aromatic rings. The van der Waals surface area contributed by atoms with Crippen LogP contribution in [0.1, 0.15) is 54.8 Å². The first-order valence-corrected chi connectivity index (χ1v) is 8.63. The van der Waals surface area contributed by atoms with Crippen LogP contribution in [0.25, 0.3) is 0 Å². The van der Waals surface area contributed by atoms with Crippen LogP contribution in [0.4, 0.5) is 0 Å². The van der Waals surface area contributed by atoms with Crippen molar-refractivity contribution in [3.63, 3.8) is 0 Å². The molecule has 0 saturated carbocycles. The lowest BCUT2D eigenvalue weighted by molar-refractivity contribution is 0.419. The second kappa shape index (κ2) is 6.80. The minimum atomic E-state index is 0.347. The Morgan fingerprint density at radius 3 is 2.95 bits per heavy atom. The number of rotatable bonds is 5. The van der Waals surface area contributed by atoms with Crippen molar-refractivity contribution in [2.45, 2.75) is 44.6 Å². The molecule has 1 N–H and O–H groups in total. The van der Waals surface area contributed by atoms with Gasteiger partial charge in [0.2, 0.25) is 0 Å². The topological polar surface area (TPSA) is 25.2 Å². The fraction of sp³-hybridized carbons (Fsp3) is 0.444. The quantitative estimate of drug-likeness (QED) is 0.803. The Morgan fingerprint density at radius 2 is 2.19 bits per heavy atom. The van der Waals surface area contributed by atoms with Crippen LogP contribution in [-0.4, -0.2) is 6.54 Å². The maximum atomic E-state index is 5.43. The lowest BCUT2D eigenvalue weighted by atomic mass is 9.79. The van der Waals surface area contributed by atoms with Crippen molar-refractivity contribution in [1.29, 1.82) is 0 Å². The molecule has 21 heavy (non-hydrogen) atoms. The molecule has 0 amide bonds. The number of hydrogen-bond acceptors (Lipinski definition) is 2. The zero-order chi connectivity index (χ0) is 14.7. The van der Waals surface area contributed by atoms with Gasteiger partial charge in [-0.25, -0.2) is 0 Å². The van der Waals surface area contributed by atoms with Crippen LogP contribution in [-0.2, 0) is 6.42 Å². The Balaban J connectivity index is 1.83. The van der Waals surface area contributed by atoms with Crippen molar-refractivity contribution >= 4 is 15.9 Å². The number of nitrogens with one attached hydrogen (secondary N) is 1. The normalized spacial score (nSPS) is 19.2. The Kier molecular flexibility index (Phi) is 4.81. The van der Waals surface area contributed by atoms with E-state index in [4.69, 9.17) is 4.42 Å². The van der Waals surface area contributed by atoms with Crippen LogP contribution >= 0.6 is 15.9 Å². The zero-order valence-electron chi connectivity index (χ0n) is 12.4. The maximum Gasteiger partial charge on any atom is 0.173 e. The number of aryl methyl sites for hydroxylation is 1. The summed E-state index contributed by atoms with van der Waals surface area (Å²) < 4.78 is 6.29. The first-order chi connectivity index (χ1) is 10.3. The van der Waals surface area contributed by atoms with Gasteiger partial charge in [0.1, 0.15) is 0 Å². The van der Waals surface area contributed by atoms with Gasteiger partial charge in [0, 0.05) is 11.6 Å². The standard InChI is InChI=1S/C18H22BrNO/c1-2-20-17(16-10-11-21-18(16)19)12-14-8-5-7-13-6-3-4-9-15(13)14/h3-4,6,9-11,14,17,20H,2,5,7-8,12H2,1H3. The Morgan fingerprint density at radius 1 is 1.33 bits per heavy atom. The molecule has 2 nitrogen and oxygen atoms in total. The summed E-state index contributed by atoms with van der Waals surface area (Å²) in [7, 11) is 0. The molecule has 0 radical (unpaired) electrons. The molecule has 2 unspecified atom stereocenters. The van der Waals surface area contributed by atoms with E-state index in [1.54, 1.807) is 11.8 Å². The summed E-state index contributed by atoms with van der Waals surface area (Å²) in [6.45, 7) is 3.13. The van der Waals surface area contributed by atoms with E-state index in [-0.39, 0.29) is 0 Å². The summed E-state index contributed by atoms with van der Waals surface area (Å²) in [4.78, 5) is 0. The molecule has 0 spiro atoms. The van der Waals surface area contributed by atoms with Crippen LogP contribution in [0.15, 0.2) is 45.7 Å². The van der Waals surface area contributed by atoms with Crippen molar-refractivity contribution < 1.29 is 4.42 Å². The predicted molar refractivity (Wildman–Crippen MR) is 89.6 cm³/mol. The average Bonchev–Trinajstić information content (AvgIpc) is 2.93. The Hall–Kier alpha value is -1.06. The third-order valence-corrected chi connectivity index (χ3v) is 5.13. The van der Waals surface area contributed by atoms with Crippen LogP contribution in [0.5, 0.6) is 0 Å². The molecular formula is C18H22BrNO. The van der Waals surface area contributed by atoms with Crippen LogP contribution in [0, 0.1) is 0 Å². The number of fused-ring (bicyclic) bond motifs is 1. The van der Waals surface area contributed by atoms with Crippen molar-refractivity contribution in [2.75, 3.05) is 6.54 Å². The van der Waals surface area contributed by atoms with E-state index < -0.39 is 0 Å². The van der Waals surface area contributed by atoms with Gasteiger partial charge in [0.15, 0.2) is 4.67 Å². The lowest BCUT2D eigenvalue weighted by Gasteiger charge is -2.29. The first-order valence-electron chi connectivity index (χ1n) is 7.83. The van der Waals surface area contributed by atoms with E-state index in [2.05, 4.69) is 58.5 Å². The SMILES string of the molecule is CCNC(CC1CCCc2ccccc21)c1ccoc1Br. The number of benzene rings is 1. The molecule has 2 atom stereocenters. The van der Waals surface area contributed by atoms with Gasteiger partial charge in [-0.05, 0) is 71.3 Å². The van der Waals surface area contributed by atoms with Crippen molar-refractivity contribution in [2.24, 2.45) is 0 Å². The average molecular weight is 348 g/mol. The van der Waals surface area contributed by atoms with Crippen LogP contribution in [0.3, 0.4) is 0 Å². The maximum absolute atomic E-state index is 5.43. The molecule has 1 heterocycles. The molecule has 3 heteroatoms. The second-order valence-electron chi connectivity index (χ2n) is 5.78. The molecule has 1 aliphatic carbocycles. The number of halogens is 1. The third-order valence-electron chi connectivity index (χ3n) is 4.49. The smallest absolute Gasteiger partial charge is 0.173 e. The van der Waals surface area contributed by atoms with E-state index in [1.165, 1.54) is 30.4 Å². The van der Waals surface area contributed by atoms with Crippen molar-refractivity contribution in [1.82, 2.24) is 5.32 Å². The molecule has 1 aliphatic rings. The Labute approximate surface area is 135 Å². The Bertz CT molecular complexity index is 592. The molecule has 1 aromatic carbocycles. The summed E-state index contributed by atoms with van der Waals surface area (Å²) in [6.07, 6.45) is 6.71. The highest BCUT2D eigenvalue weighted by molar-refractivity contribution is 9.10. The molecule has 0 saturated heterocycles. The van der Waals surface area contributed by atoms with Crippen LogP contribution < -0.4 is 5.32 Å². The monoisotopic (exact) mass is 347 g/mol. The summed E-state index contributed by atoms with van der Waals surface area (Å²) in [5, 5.41) is 3.61. The van der Waals surface area contributed by atoms with Crippen molar-refractivity contribution in [3.8, 4) is 0 Å². The van der Waals surface area contributed by atoms with Gasteiger partial charge in [0.05, 0.1) is 6.26 Å². The van der Waals surface area contributed by atoms with Crippen LogP contribution in [0.2, 0.25) is 0 Å². The zero-order valence-corrected chi connectivity index (χ0v) is 14.0. The fourth-order valence-electron chi connectivity index (χ4n) is 3.50. The van der Waals surface area contributed by atoms with Gasteiger partial charge in [-0.15, -0.1) is 0 Å². The highest BCUT2D eigenvalue weighted by Gasteiger charge is 2.25. The fourth-order valence-corrected chi connectivity index (χ4v) is 4.02. The van der Waals surface area contributed by atoms with Gasteiger partial charge in [-0.1, -0.05) is 31.2 Å².